The van der Waals surface area contributed by atoms with E-state index in [4.69, 9.17) is 18.9 Å². The number of para-hydroxylation sites is 1. The van der Waals surface area contributed by atoms with Gasteiger partial charge in [0.15, 0.2) is 0 Å². The van der Waals surface area contributed by atoms with Gasteiger partial charge in [-0.2, -0.15) is 0 Å². The standard InChI is InChI=1S/C20H18O4.C17H12O2/c1-3-23-17-10-8-14(9-11-17)19-13-16(20(21)24-19)12-15-6-4-5-7-18(15)22-2;18-17-15(11-13-7-3-1-4-8-13)12-16(19-17)14-9-5-2-6-10-14/h4-13H,3H2,1-2H3;1-12H/b16-12-;15-11-. The van der Waals surface area contributed by atoms with Gasteiger partial charge < -0.3 is 18.9 Å². The number of esters is 2. The molecule has 2 aliphatic rings. The fraction of sp³-hybridized carbons (Fsp3) is 0.0811. The molecule has 0 saturated carbocycles. The van der Waals surface area contributed by atoms with Crippen LogP contribution in [-0.4, -0.2) is 25.7 Å². The van der Waals surface area contributed by atoms with Gasteiger partial charge in [-0.25, -0.2) is 9.59 Å². The molecule has 0 amide bonds. The molecule has 6 heteroatoms. The van der Waals surface area contributed by atoms with E-state index in [1.54, 1.807) is 25.3 Å². The van der Waals surface area contributed by atoms with E-state index in [9.17, 15) is 9.59 Å². The van der Waals surface area contributed by atoms with Crippen molar-refractivity contribution in [3.05, 3.63) is 155 Å². The van der Waals surface area contributed by atoms with Gasteiger partial charge in [0, 0.05) is 16.7 Å². The highest BCUT2D eigenvalue weighted by Crippen LogP contribution is 2.30. The number of rotatable bonds is 7. The Balaban J connectivity index is 0.000000176. The summed E-state index contributed by atoms with van der Waals surface area (Å²) in [6, 6.07) is 34.3. The van der Waals surface area contributed by atoms with E-state index in [1.807, 2.05) is 122 Å². The molecule has 2 aliphatic heterocycles. The van der Waals surface area contributed by atoms with Crippen molar-refractivity contribution in [2.45, 2.75) is 6.92 Å². The quantitative estimate of drug-likeness (QED) is 0.167. The second kappa shape index (κ2) is 13.8. The zero-order valence-corrected chi connectivity index (χ0v) is 23.9. The minimum Gasteiger partial charge on any atom is -0.496 e. The van der Waals surface area contributed by atoms with E-state index >= 15 is 0 Å². The fourth-order valence-corrected chi connectivity index (χ4v) is 4.43. The third kappa shape index (κ3) is 7.37. The lowest BCUT2D eigenvalue weighted by Gasteiger charge is -2.05. The van der Waals surface area contributed by atoms with Crippen LogP contribution in [0.25, 0.3) is 23.7 Å². The van der Waals surface area contributed by atoms with Crippen LogP contribution in [0.5, 0.6) is 11.5 Å². The summed E-state index contributed by atoms with van der Waals surface area (Å²) >= 11 is 0. The van der Waals surface area contributed by atoms with Crippen molar-refractivity contribution >= 4 is 35.6 Å². The summed E-state index contributed by atoms with van der Waals surface area (Å²) in [5.41, 5.74) is 4.62. The minimum atomic E-state index is -0.371. The molecule has 2 heterocycles. The molecule has 43 heavy (non-hydrogen) atoms. The first-order chi connectivity index (χ1) is 21.0. The van der Waals surface area contributed by atoms with Crippen LogP contribution < -0.4 is 9.47 Å². The second-order valence-corrected chi connectivity index (χ2v) is 9.47. The van der Waals surface area contributed by atoms with Gasteiger partial charge in [-0.05, 0) is 67.1 Å². The molecule has 0 spiro atoms. The second-order valence-electron chi connectivity index (χ2n) is 9.47. The topological polar surface area (TPSA) is 71.1 Å². The van der Waals surface area contributed by atoms with Crippen LogP contribution >= 0.6 is 0 Å². The molecular formula is C37H30O6. The Morgan fingerprint density at radius 3 is 1.77 bits per heavy atom. The molecule has 0 fully saturated rings. The molecule has 214 valence electrons. The van der Waals surface area contributed by atoms with Crippen molar-refractivity contribution in [3.63, 3.8) is 0 Å². The molecule has 4 aromatic rings. The van der Waals surface area contributed by atoms with Gasteiger partial charge >= 0.3 is 11.9 Å². The Morgan fingerprint density at radius 2 is 1.16 bits per heavy atom. The zero-order valence-electron chi connectivity index (χ0n) is 23.9. The van der Waals surface area contributed by atoms with Crippen molar-refractivity contribution in [2.75, 3.05) is 13.7 Å². The monoisotopic (exact) mass is 570 g/mol. The summed E-state index contributed by atoms with van der Waals surface area (Å²) in [5, 5.41) is 0. The predicted octanol–water partition coefficient (Wildman–Crippen LogP) is 7.74. The van der Waals surface area contributed by atoms with Crippen molar-refractivity contribution < 1.29 is 28.5 Å². The highest BCUT2D eigenvalue weighted by atomic mass is 16.5. The number of carbonyl (C=O) groups excluding carboxylic acids is 2. The van der Waals surface area contributed by atoms with E-state index in [1.165, 1.54) is 0 Å². The zero-order chi connectivity index (χ0) is 30.0. The average Bonchev–Trinajstić information content (AvgIpc) is 3.60. The molecule has 6 rings (SSSR count). The minimum absolute atomic E-state index is 0.303. The maximum atomic E-state index is 12.1. The van der Waals surface area contributed by atoms with Crippen molar-refractivity contribution in [3.8, 4) is 11.5 Å². The molecule has 6 nitrogen and oxygen atoms in total. The largest absolute Gasteiger partial charge is 0.496 e. The molecule has 0 aromatic heterocycles. The Morgan fingerprint density at radius 1 is 0.628 bits per heavy atom. The van der Waals surface area contributed by atoms with Gasteiger partial charge in [0.25, 0.3) is 0 Å². The number of carbonyl (C=O) groups is 2. The molecule has 0 aliphatic carbocycles. The van der Waals surface area contributed by atoms with E-state index in [0.717, 1.165) is 28.0 Å². The summed E-state index contributed by atoms with van der Waals surface area (Å²) in [6.45, 7) is 2.55. The first kappa shape index (κ1) is 28.9. The number of hydrogen-bond donors (Lipinski definition) is 0. The third-order valence-corrected chi connectivity index (χ3v) is 6.53. The van der Waals surface area contributed by atoms with Crippen LogP contribution in [-0.2, 0) is 19.1 Å². The van der Waals surface area contributed by atoms with Crippen LogP contribution in [0.3, 0.4) is 0 Å². The summed E-state index contributed by atoms with van der Waals surface area (Å²) in [4.78, 5) is 23.9. The van der Waals surface area contributed by atoms with Gasteiger partial charge in [-0.1, -0.05) is 78.9 Å². The molecule has 4 aromatic carbocycles. The normalized spacial score (nSPS) is 15.7. The smallest absolute Gasteiger partial charge is 0.343 e. The van der Waals surface area contributed by atoms with E-state index < -0.39 is 0 Å². The lowest BCUT2D eigenvalue weighted by atomic mass is 10.1. The Labute approximate surface area is 250 Å². The highest BCUT2D eigenvalue weighted by Gasteiger charge is 2.23. The Bertz CT molecular complexity index is 1710. The predicted molar refractivity (Wildman–Crippen MR) is 168 cm³/mol. The fourth-order valence-electron chi connectivity index (χ4n) is 4.43. The summed E-state index contributed by atoms with van der Waals surface area (Å²) in [6.07, 6.45) is 7.12. The van der Waals surface area contributed by atoms with Gasteiger partial charge in [0.05, 0.1) is 24.9 Å². The molecule has 0 unspecified atom stereocenters. The number of ether oxygens (including phenoxy) is 4. The summed E-state index contributed by atoms with van der Waals surface area (Å²) in [5.74, 6) is 1.96. The molecular weight excluding hydrogens is 540 g/mol. The highest BCUT2D eigenvalue weighted by molar-refractivity contribution is 6.06. The maximum Gasteiger partial charge on any atom is 0.343 e. The lowest BCUT2D eigenvalue weighted by molar-refractivity contribution is -0.131. The Hall–Kier alpha value is -5.62. The Kier molecular flexibility index (Phi) is 9.29. The van der Waals surface area contributed by atoms with Gasteiger partial charge in [-0.3, -0.25) is 0 Å². The number of hydrogen-bond acceptors (Lipinski definition) is 6. The van der Waals surface area contributed by atoms with Crippen LogP contribution in [0.1, 0.15) is 29.2 Å². The maximum absolute atomic E-state index is 12.1. The van der Waals surface area contributed by atoms with Crippen molar-refractivity contribution in [1.29, 1.82) is 0 Å². The van der Waals surface area contributed by atoms with E-state index in [0.29, 0.717) is 35.0 Å². The van der Waals surface area contributed by atoms with Crippen LogP contribution in [0.15, 0.2) is 132 Å². The molecule has 0 saturated heterocycles. The molecule has 0 radical (unpaired) electrons. The molecule has 0 bridgehead atoms. The van der Waals surface area contributed by atoms with E-state index in [-0.39, 0.29) is 11.9 Å². The van der Waals surface area contributed by atoms with Crippen LogP contribution in [0.4, 0.5) is 0 Å². The van der Waals surface area contributed by atoms with Crippen molar-refractivity contribution in [2.24, 2.45) is 0 Å². The first-order valence-corrected chi connectivity index (χ1v) is 13.8. The SMILES string of the molecule is CCOc1ccc(C2=C/C(=C/c3ccccc3OC)C(=O)O2)cc1.O=C1OC(c2ccccc2)=C/C1=C/c1ccccc1. The van der Waals surface area contributed by atoms with Crippen LogP contribution in [0.2, 0.25) is 0 Å². The van der Waals surface area contributed by atoms with Gasteiger partial charge in [-0.15, -0.1) is 0 Å². The molecule has 0 atom stereocenters. The summed E-state index contributed by atoms with van der Waals surface area (Å²) in [7, 11) is 1.60. The lowest BCUT2D eigenvalue weighted by Crippen LogP contribution is -1.97. The van der Waals surface area contributed by atoms with E-state index in [2.05, 4.69) is 0 Å². The van der Waals surface area contributed by atoms with Gasteiger partial charge in [0.1, 0.15) is 23.0 Å². The third-order valence-electron chi connectivity index (χ3n) is 6.53. The number of methoxy groups -OCH3 is 1. The summed E-state index contributed by atoms with van der Waals surface area (Å²) < 4.78 is 21.4. The number of benzene rings is 4. The van der Waals surface area contributed by atoms with Crippen molar-refractivity contribution in [1.82, 2.24) is 0 Å². The average molecular weight is 571 g/mol. The van der Waals surface area contributed by atoms with Crippen LogP contribution in [0, 0.1) is 0 Å². The van der Waals surface area contributed by atoms with Gasteiger partial charge in [0.2, 0.25) is 0 Å². The molecule has 0 N–H and O–H groups in total. The first-order valence-electron chi connectivity index (χ1n) is 13.8. The number of cyclic esters (lactones) is 2.